The van der Waals surface area contributed by atoms with Gasteiger partial charge in [0.15, 0.2) is 0 Å². The molecule has 7 nitrogen and oxygen atoms in total. The van der Waals surface area contributed by atoms with Gasteiger partial charge < -0.3 is 20.6 Å². The smallest absolute Gasteiger partial charge is 0.323 e. The molecular weight excluding hydrogens is 248 g/mol. The number of aromatic nitrogens is 1. The number of carbonyl (C=O) groups is 2. The average Bonchev–Trinajstić information content (AvgIpc) is 2.34. The first-order valence-electron chi connectivity index (χ1n) is 5.77. The molecule has 0 aliphatic carbocycles. The number of likely N-dealkylation sites (N-methyl/N-ethyl adjacent to an activating group) is 1. The van der Waals surface area contributed by atoms with Crippen LogP contribution in [0.5, 0.6) is 0 Å². The van der Waals surface area contributed by atoms with Crippen molar-refractivity contribution in [3.05, 3.63) is 23.9 Å². The van der Waals surface area contributed by atoms with Crippen molar-refractivity contribution >= 4 is 17.7 Å². The highest BCUT2D eigenvalue weighted by Crippen LogP contribution is 2.11. The van der Waals surface area contributed by atoms with Crippen LogP contribution in [0.25, 0.3) is 0 Å². The highest BCUT2D eigenvalue weighted by atomic mass is 16.4. The fourth-order valence-corrected chi connectivity index (χ4v) is 1.48. The third-order valence-corrected chi connectivity index (χ3v) is 2.50. The van der Waals surface area contributed by atoms with E-state index in [1.165, 1.54) is 12.3 Å². The van der Waals surface area contributed by atoms with Crippen LogP contribution in [-0.2, 0) is 4.79 Å². The Morgan fingerprint density at radius 1 is 1.32 bits per heavy atom. The minimum Gasteiger partial charge on any atom is -0.480 e. The summed E-state index contributed by atoms with van der Waals surface area (Å²) >= 11 is 0. The maximum Gasteiger partial charge on any atom is 0.323 e. The number of anilines is 1. The van der Waals surface area contributed by atoms with E-state index in [1.54, 1.807) is 11.0 Å². The van der Waals surface area contributed by atoms with Gasteiger partial charge in [-0.15, -0.1) is 0 Å². The zero-order valence-electron chi connectivity index (χ0n) is 11.0. The molecule has 19 heavy (non-hydrogen) atoms. The number of pyridine rings is 1. The van der Waals surface area contributed by atoms with E-state index in [-0.39, 0.29) is 6.54 Å². The predicted molar refractivity (Wildman–Crippen MR) is 71.2 cm³/mol. The molecule has 0 bridgehead atoms. The Morgan fingerprint density at radius 3 is 2.42 bits per heavy atom. The van der Waals surface area contributed by atoms with Crippen molar-refractivity contribution in [3.8, 4) is 0 Å². The van der Waals surface area contributed by atoms with Crippen molar-refractivity contribution < 1.29 is 14.7 Å². The Morgan fingerprint density at radius 2 is 2.00 bits per heavy atom. The lowest BCUT2D eigenvalue weighted by Gasteiger charge is -2.23. The van der Waals surface area contributed by atoms with Gasteiger partial charge in [-0.05, 0) is 26.2 Å². The van der Waals surface area contributed by atoms with Gasteiger partial charge in [-0.2, -0.15) is 0 Å². The van der Waals surface area contributed by atoms with Gasteiger partial charge >= 0.3 is 5.97 Å². The molecule has 7 heteroatoms. The summed E-state index contributed by atoms with van der Waals surface area (Å²) in [7, 11) is 3.81. The van der Waals surface area contributed by atoms with Crippen LogP contribution in [-0.4, -0.2) is 60.6 Å². The molecule has 1 heterocycles. The minimum atomic E-state index is -0.931. The highest BCUT2D eigenvalue weighted by Gasteiger charge is 2.12. The SMILES string of the molecule is CN(C)CCN(CC(=O)O)c1ccc(C(N)=O)cn1. The fraction of sp³-hybridized carbons (Fsp3) is 0.417. The van der Waals surface area contributed by atoms with Crippen LogP contribution in [0.15, 0.2) is 18.3 Å². The first-order chi connectivity index (χ1) is 8.90. The van der Waals surface area contributed by atoms with E-state index in [9.17, 15) is 9.59 Å². The summed E-state index contributed by atoms with van der Waals surface area (Å²) in [4.78, 5) is 29.4. The second-order valence-corrected chi connectivity index (χ2v) is 4.39. The molecule has 0 aliphatic rings. The van der Waals surface area contributed by atoms with Crippen LogP contribution in [0.1, 0.15) is 10.4 Å². The molecule has 3 N–H and O–H groups in total. The standard InChI is InChI=1S/C12H18N4O3/c1-15(2)5-6-16(8-11(17)18)10-4-3-9(7-14-10)12(13)19/h3-4,7H,5-6,8H2,1-2H3,(H2,13,19)(H,17,18). The van der Waals surface area contributed by atoms with Crippen molar-refractivity contribution in [2.24, 2.45) is 5.73 Å². The summed E-state index contributed by atoms with van der Waals surface area (Å²) in [5.41, 5.74) is 5.42. The number of primary amides is 1. The molecule has 0 atom stereocenters. The Kier molecular flexibility index (Phi) is 5.25. The number of aliphatic carboxylic acids is 1. The number of hydrogen-bond acceptors (Lipinski definition) is 5. The van der Waals surface area contributed by atoms with Gasteiger partial charge in [0.2, 0.25) is 5.91 Å². The lowest BCUT2D eigenvalue weighted by molar-refractivity contribution is -0.135. The summed E-state index contributed by atoms with van der Waals surface area (Å²) in [6, 6.07) is 3.13. The summed E-state index contributed by atoms with van der Waals surface area (Å²) in [6.45, 7) is 1.09. The van der Waals surface area contributed by atoms with Crippen molar-refractivity contribution in [1.82, 2.24) is 9.88 Å². The molecule has 0 radical (unpaired) electrons. The Bertz CT molecular complexity index is 445. The Balaban J connectivity index is 2.83. The number of hydrogen-bond donors (Lipinski definition) is 2. The summed E-state index contributed by atoms with van der Waals surface area (Å²) < 4.78 is 0. The molecule has 0 spiro atoms. The number of nitrogens with two attached hydrogens (primary N) is 1. The minimum absolute atomic E-state index is 0.142. The number of nitrogens with zero attached hydrogens (tertiary/aromatic N) is 3. The second kappa shape index (κ2) is 6.69. The summed E-state index contributed by atoms with van der Waals surface area (Å²) in [6.07, 6.45) is 1.35. The predicted octanol–water partition coefficient (Wildman–Crippen LogP) is -0.367. The summed E-state index contributed by atoms with van der Waals surface area (Å²) in [5, 5.41) is 8.90. The molecule has 0 unspecified atom stereocenters. The summed E-state index contributed by atoms with van der Waals surface area (Å²) in [5.74, 6) is -0.981. The lowest BCUT2D eigenvalue weighted by Crippen LogP contribution is -2.36. The van der Waals surface area contributed by atoms with Crippen LogP contribution < -0.4 is 10.6 Å². The van der Waals surface area contributed by atoms with E-state index in [4.69, 9.17) is 10.8 Å². The van der Waals surface area contributed by atoms with Crippen LogP contribution in [0.3, 0.4) is 0 Å². The van der Waals surface area contributed by atoms with Crippen LogP contribution >= 0.6 is 0 Å². The van der Waals surface area contributed by atoms with Gasteiger partial charge in [0.05, 0.1) is 5.56 Å². The van der Waals surface area contributed by atoms with E-state index in [0.29, 0.717) is 24.5 Å². The van der Waals surface area contributed by atoms with Crippen molar-refractivity contribution in [3.63, 3.8) is 0 Å². The molecule has 1 amide bonds. The zero-order valence-corrected chi connectivity index (χ0v) is 11.0. The normalized spacial score (nSPS) is 10.5. The molecule has 0 saturated carbocycles. The van der Waals surface area contributed by atoms with Crippen LogP contribution in [0.2, 0.25) is 0 Å². The highest BCUT2D eigenvalue weighted by molar-refractivity contribution is 5.92. The third kappa shape index (κ3) is 4.92. The average molecular weight is 266 g/mol. The van der Waals surface area contributed by atoms with Crippen molar-refractivity contribution in [2.45, 2.75) is 0 Å². The Hall–Kier alpha value is -2.15. The number of rotatable bonds is 7. The van der Waals surface area contributed by atoms with Crippen molar-refractivity contribution in [2.75, 3.05) is 38.6 Å². The monoisotopic (exact) mass is 266 g/mol. The first-order valence-corrected chi connectivity index (χ1v) is 5.77. The lowest BCUT2D eigenvalue weighted by atomic mass is 10.2. The maximum absolute atomic E-state index is 10.9. The molecule has 0 fully saturated rings. The second-order valence-electron chi connectivity index (χ2n) is 4.39. The third-order valence-electron chi connectivity index (χ3n) is 2.50. The Labute approximate surface area is 111 Å². The quantitative estimate of drug-likeness (QED) is 0.698. The molecule has 0 saturated heterocycles. The number of carboxylic acids is 1. The van der Waals surface area contributed by atoms with Gasteiger partial charge in [0.25, 0.3) is 0 Å². The first kappa shape index (κ1) is 14.9. The number of amides is 1. The topological polar surface area (TPSA) is 99.8 Å². The molecule has 1 aromatic heterocycles. The van der Waals surface area contributed by atoms with E-state index in [2.05, 4.69) is 4.98 Å². The van der Waals surface area contributed by atoms with E-state index < -0.39 is 11.9 Å². The van der Waals surface area contributed by atoms with E-state index in [1.807, 2.05) is 19.0 Å². The van der Waals surface area contributed by atoms with Gasteiger partial charge in [0.1, 0.15) is 12.4 Å². The van der Waals surface area contributed by atoms with E-state index in [0.717, 1.165) is 0 Å². The van der Waals surface area contributed by atoms with Crippen molar-refractivity contribution in [1.29, 1.82) is 0 Å². The van der Waals surface area contributed by atoms with Gasteiger partial charge in [-0.25, -0.2) is 4.98 Å². The van der Waals surface area contributed by atoms with Crippen LogP contribution in [0.4, 0.5) is 5.82 Å². The largest absolute Gasteiger partial charge is 0.480 e. The van der Waals surface area contributed by atoms with Crippen LogP contribution in [0, 0.1) is 0 Å². The molecule has 0 aromatic carbocycles. The maximum atomic E-state index is 10.9. The van der Waals surface area contributed by atoms with Gasteiger partial charge in [-0.1, -0.05) is 0 Å². The molecular formula is C12H18N4O3. The van der Waals surface area contributed by atoms with Gasteiger partial charge in [-0.3, -0.25) is 9.59 Å². The van der Waals surface area contributed by atoms with E-state index >= 15 is 0 Å². The molecule has 104 valence electrons. The van der Waals surface area contributed by atoms with Gasteiger partial charge in [0, 0.05) is 19.3 Å². The number of carbonyl (C=O) groups excluding carboxylic acids is 1. The zero-order chi connectivity index (χ0) is 14.4. The molecule has 0 aliphatic heterocycles. The fourth-order valence-electron chi connectivity index (χ4n) is 1.48. The number of carboxylic acid groups (broad SMARTS) is 1. The molecule has 1 rings (SSSR count). The molecule has 1 aromatic rings.